The summed E-state index contributed by atoms with van der Waals surface area (Å²) < 4.78 is 0. The number of hydrogen-bond donors (Lipinski definition) is 2. The molecule has 0 heterocycles. The number of nitrogens with zero attached hydrogens (tertiary/aromatic N) is 1. The van der Waals surface area contributed by atoms with Gasteiger partial charge in [0.1, 0.15) is 0 Å². The number of primary amides is 1. The summed E-state index contributed by atoms with van der Waals surface area (Å²) in [5.41, 5.74) is 13.9. The van der Waals surface area contributed by atoms with Crippen molar-refractivity contribution in [3.63, 3.8) is 0 Å². The Balaban J connectivity index is 2.21. The normalized spacial score (nSPS) is 22.6. The molecule has 4 heteroatoms. The van der Waals surface area contributed by atoms with Crippen LogP contribution < -0.4 is 16.4 Å². The maximum absolute atomic E-state index is 11.3. The van der Waals surface area contributed by atoms with Gasteiger partial charge in [-0.25, -0.2) is 0 Å². The maximum atomic E-state index is 11.3. The molecule has 0 saturated heterocycles. The Morgan fingerprint density at radius 1 is 1.35 bits per heavy atom. The molecular weight excluding hydrogens is 250 g/mol. The van der Waals surface area contributed by atoms with Gasteiger partial charge >= 0.3 is 0 Å². The van der Waals surface area contributed by atoms with E-state index in [-0.39, 0.29) is 5.91 Å². The molecule has 2 unspecified atom stereocenters. The van der Waals surface area contributed by atoms with Crippen LogP contribution in [0.4, 0.5) is 5.69 Å². The predicted octanol–water partition coefficient (Wildman–Crippen LogP) is 2.05. The SMILES string of the molecule is Cc1cc(N(C)C2CCCCC2CN)ccc1C(N)=O. The van der Waals surface area contributed by atoms with E-state index in [2.05, 4.69) is 11.9 Å². The van der Waals surface area contributed by atoms with E-state index in [4.69, 9.17) is 11.5 Å². The monoisotopic (exact) mass is 275 g/mol. The van der Waals surface area contributed by atoms with Gasteiger partial charge in [-0.3, -0.25) is 4.79 Å². The molecule has 1 saturated carbocycles. The van der Waals surface area contributed by atoms with Crippen LogP contribution in [-0.4, -0.2) is 25.5 Å². The fraction of sp³-hybridized carbons (Fsp3) is 0.562. The first-order chi connectivity index (χ1) is 9.54. The molecule has 1 aliphatic rings. The van der Waals surface area contributed by atoms with Crippen LogP contribution in [0.1, 0.15) is 41.6 Å². The molecule has 0 aliphatic heterocycles. The summed E-state index contributed by atoms with van der Waals surface area (Å²) >= 11 is 0. The summed E-state index contributed by atoms with van der Waals surface area (Å²) in [6.07, 6.45) is 4.95. The first-order valence-corrected chi connectivity index (χ1v) is 7.38. The third-order valence-corrected chi connectivity index (χ3v) is 4.55. The van der Waals surface area contributed by atoms with Crippen molar-refractivity contribution in [1.29, 1.82) is 0 Å². The quantitative estimate of drug-likeness (QED) is 0.883. The molecule has 1 fully saturated rings. The Kier molecular flexibility index (Phi) is 4.65. The Labute approximate surface area is 121 Å². The second-order valence-electron chi connectivity index (χ2n) is 5.82. The number of benzene rings is 1. The van der Waals surface area contributed by atoms with Crippen molar-refractivity contribution in [2.75, 3.05) is 18.5 Å². The fourth-order valence-corrected chi connectivity index (χ4v) is 3.31. The molecule has 1 aliphatic carbocycles. The van der Waals surface area contributed by atoms with Gasteiger partial charge in [0.2, 0.25) is 5.91 Å². The largest absolute Gasteiger partial charge is 0.371 e. The van der Waals surface area contributed by atoms with Gasteiger partial charge in [0.15, 0.2) is 0 Å². The Morgan fingerprint density at radius 2 is 2.05 bits per heavy atom. The van der Waals surface area contributed by atoms with Crippen molar-refractivity contribution in [3.8, 4) is 0 Å². The van der Waals surface area contributed by atoms with Crippen LogP contribution >= 0.6 is 0 Å². The Bertz CT molecular complexity index is 487. The van der Waals surface area contributed by atoms with Gasteiger partial charge in [0, 0.05) is 24.3 Å². The van der Waals surface area contributed by atoms with Crippen LogP contribution in [0.3, 0.4) is 0 Å². The van der Waals surface area contributed by atoms with Crippen molar-refractivity contribution in [2.24, 2.45) is 17.4 Å². The van der Waals surface area contributed by atoms with E-state index in [1.165, 1.54) is 25.7 Å². The predicted molar refractivity (Wildman–Crippen MR) is 82.9 cm³/mol. The van der Waals surface area contributed by atoms with E-state index in [0.717, 1.165) is 17.8 Å². The standard InChI is InChI=1S/C16H25N3O/c1-11-9-13(7-8-14(11)16(18)20)19(2)15-6-4-3-5-12(15)10-17/h7-9,12,15H,3-6,10,17H2,1-2H3,(H2,18,20). The van der Waals surface area contributed by atoms with Gasteiger partial charge < -0.3 is 16.4 Å². The average molecular weight is 275 g/mol. The van der Waals surface area contributed by atoms with Crippen LogP contribution in [0.2, 0.25) is 0 Å². The lowest BCUT2D eigenvalue weighted by atomic mass is 9.83. The summed E-state index contributed by atoms with van der Waals surface area (Å²) in [6, 6.07) is 6.34. The minimum absolute atomic E-state index is 0.366. The molecule has 1 aromatic rings. The van der Waals surface area contributed by atoms with E-state index in [1.54, 1.807) is 0 Å². The highest BCUT2D eigenvalue weighted by molar-refractivity contribution is 5.94. The fourth-order valence-electron chi connectivity index (χ4n) is 3.31. The number of aryl methyl sites for hydroxylation is 1. The maximum Gasteiger partial charge on any atom is 0.248 e. The van der Waals surface area contributed by atoms with Gasteiger partial charge in [0.25, 0.3) is 0 Å². The van der Waals surface area contributed by atoms with Gasteiger partial charge in [-0.15, -0.1) is 0 Å². The van der Waals surface area contributed by atoms with Gasteiger partial charge in [0.05, 0.1) is 0 Å². The number of carbonyl (C=O) groups is 1. The summed E-state index contributed by atoms with van der Waals surface area (Å²) in [6.45, 7) is 2.67. The zero-order valence-corrected chi connectivity index (χ0v) is 12.4. The molecule has 0 radical (unpaired) electrons. The van der Waals surface area contributed by atoms with Crippen molar-refractivity contribution in [1.82, 2.24) is 0 Å². The molecular formula is C16H25N3O. The Morgan fingerprint density at radius 3 is 2.65 bits per heavy atom. The molecule has 0 spiro atoms. The molecule has 2 rings (SSSR count). The topological polar surface area (TPSA) is 72.3 Å². The van der Waals surface area contributed by atoms with E-state index in [1.807, 2.05) is 25.1 Å². The molecule has 20 heavy (non-hydrogen) atoms. The highest BCUT2D eigenvalue weighted by atomic mass is 16.1. The zero-order valence-electron chi connectivity index (χ0n) is 12.4. The second-order valence-corrected chi connectivity index (χ2v) is 5.82. The molecule has 2 atom stereocenters. The first-order valence-electron chi connectivity index (χ1n) is 7.38. The van der Waals surface area contributed by atoms with E-state index >= 15 is 0 Å². The number of rotatable bonds is 4. The average Bonchev–Trinajstić information content (AvgIpc) is 2.45. The summed E-state index contributed by atoms with van der Waals surface area (Å²) in [7, 11) is 2.12. The number of nitrogens with two attached hydrogens (primary N) is 2. The summed E-state index contributed by atoms with van der Waals surface area (Å²) in [5, 5.41) is 0. The second kappa shape index (κ2) is 6.27. The molecule has 0 bridgehead atoms. The molecule has 4 nitrogen and oxygen atoms in total. The van der Waals surface area contributed by atoms with Crippen molar-refractivity contribution < 1.29 is 4.79 Å². The van der Waals surface area contributed by atoms with Crippen LogP contribution in [0.15, 0.2) is 18.2 Å². The zero-order chi connectivity index (χ0) is 14.7. The van der Waals surface area contributed by atoms with Crippen molar-refractivity contribution >= 4 is 11.6 Å². The number of hydrogen-bond acceptors (Lipinski definition) is 3. The molecule has 1 amide bonds. The van der Waals surface area contributed by atoms with E-state index < -0.39 is 0 Å². The number of carbonyl (C=O) groups excluding carboxylic acids is 1. The molecule has 110 valence electrons. The first kappa shape index (κ1) is 14.9. The van der Waals surface area contributed by atoms with Gasteiger partial charge in [-0.2, -0.15) is 0 Å². The highest BCUT2D eigenvalue weighted by Crippen LogP contribution is 2.31. The minimum Gasteiger partial charge on any atom is -0.371 e. The van der Waals surface area contributed by atoms with E-state index in [0.29, 0.717) is 17.5 Å². The smallest absolute Gasteiger partial charge is 0.248 e. The van der Waals surface area contributed by atoms with Gasteiger partial charge in [-0.1, -0.05) is 12.8 Å². The lowest BCUT2D eigenvalue weighted by Gasteiger charge is -2.39. The number of amides is 1. The van der Waals surface area contributed by atoms with Gasteiger partial charge in [-0.05, 0) is 56.0 Å². The van der Waals surface area contributed by atoms with Crippen LogP contribution in [-0.2, 0) is 0 Å². The molecule has 1 aromatic carbocycles. The lowest BCUT2D eigenvalue weighted by molar-refractivity contribution is 0.0999. The lowest BCUT2D eigenvalue weighted by Crippen LogP contribution is -2.43. The van der Waals surface area contributed by atoms with E-state index in [9.17, 15) is 4.79 Å². The Hall–Kier alpha value is -1.55. The minimum atomic E-state index is -0.366. The third-order valence-electron chi connectivity index (χ3n) is 4.55. The van der Waals surface area contributed by atoms with Crippen molar-refractivity contribution in [2.45, 2.75) is 38.6 Å². The number of anilines is 1. The van der Waals surface area contributed by atoms with Crippen LogP contribution in [0.5, 0.6) is 0 Å². The van der Waals surface area contributed by atoms with Crippen LogP contribution in [0.25, 0.3) is 0 Å². The third kappa shape index (κ3) is 2.96. The van der Waals surface area contributed by atoms with Crippen LogP contribution in [0, 0.1) is 12.8 Å². The summed E-state index contributed by atoms with van der Waals surface area (Å²) in [4.78, 5) is 13.6. The highest BCUT2D eigenvalue weighted by Gasteiger charge is 2.27. The molecule has 0 aromatic heterocycles. The van der Waals surface area contributed by atoms with Crippen molar-refractivity contribution in [3.05, 3.63) is 29.3 Å². The summed E-state index contributed by atoms with van der Waals surface area (Å²) in [5.74, 6) is 0.194. The molecule has 4 N–H and O–H groups in total.